The maximum Gasteiger partial charge on any atom is 0.329 e. The fourth-order valence-electron chi connectivity index (χ4n) is 7.87. The highest BCUT2D eigenvalue weighted by Gasteiger charge is 2.57. The van der Waals surface area contributed by atoms with Crippen LogP contribution in [-0.4, -0.2) is 94.1 Å². The van der Waals surface area contributed by atoms with Crippen LogP contribution in [0.4, 0.5) is 5.95 Å². The van der Waals surface area contributed by atoms with Crippen LogP contribution in [0.15, 0.2) is 18.5 Å². The lowest BCUT2D eigenvalue weighted by Crippen LogP contribution is -2.56. The molecule has 36 heavy (non-hydrogen) atoms. The number of aliphatic hydroxyl groups is 1. The van der Waals surface area contributed by atoms with Gasteiger partial charge < -0.3 is 24.5 Å². The van der Waals surface area contributed by atoms with Crippen molar-refractivity contribution >= 4 is 23.7 Å². The highest BCUT2D eigenvalue weighted by Crippen LogP contribution is 2.60. The number of carbonyl (C=O) groups is 3. The number of aromatic nitrogens is 2. The van der Waals surface area contributed by atoms with E-state index in [1.165, 1.54) is 19.3 Å². The van der Waals surface area contributed by atoms with E-state index in [2.05, 4.69) is 9.97 Å². The molecular weight excluding hydrogens is 462 g/mol. The maximum absolute atomic E-state index is 13.8. The normalized spacial score (nSPS) is 35.2. The smallest absolute Gasteiger partial charge is 0.329 e. The van der Waals surface area contributed by atoms with E-state index in [-0.39, 0.29) is 36.8 Å². The quantitative estimate of drug-likeness (QED) is 0.595. The van der Waals surface area contributed by atoms with Crippen molar-refractivity contribution in [3.63, 3.8) is 0 Å². The van der Waals surface area contributed by atoms with E-state index in [1.54, 1.807) is 28.3 Å². The van der Waals surface area contributed by atoms with Gasteiger partial charge in [0.1, 0.15) is 6.04 Å². The molecule has 4 bridgehead atoms. The summed E-state index contributed by atoms with van der Waals surface area (Å²) in [6.07, 6.45) is 9.22. The Morgan fingerprint density at radius 3 is 2.17 bits per heavy atom. The number of β-amino-alcohol motifs (C(OH)–C–C–N with tert-alkyl or cyclic N) is 1. The van der Waals surface area contributed by atoms with Crippen LogP contribution in [0.5, 0.6) is 0 Å². The molecule has 0 radical (unpaired) electrons. The fourth-order valence-corrected chi connectivity index (χ4v) is 7.87. The van der Waals surface area contributed by atoms with Crippen molar-refractivity contribution in [1.29, 1.82) is 0 Å². The number of aliphatic hydroxyl groups excluding tert-OH is 1. The van der Waals surface area contributed by atoms with E-state index < -0.39 is 18.1 Å². The van der Waals surface area contributed by atoms with Crippen molar-refractivity contribution in [1.82, 2.24) is 19.8 Å². The molecule has 4 aliphatic carbocycles. The van der Waals surface area contributed by atoms with Crippen molar-refractivity contribution in [3.05, 3.63) is 18.5 Å². The molecule has 2 aliphatic heterocycles. The molecule has 0 aromatic carbocycles. The highest BCUT2D eigenvalue weighted by atomic mass is 16.5. The zero-order chi connectivity index (χ0) is 24.9. The molecule has 6 fully saturated rings. The molecule has 10 nitrogen and oxygen atoms in total. The molecule has 2 unspecified atom stereocenters. The summed E-state index contributed by atoms with van der Waals surface area (Å²) < 4.78 is 5.43. The van der Waals surface area contributed by atoms with Gasteiger partial charge in [-0.25, -0.2) is 14.8 Å². The van der Waals surface area contributed by atoms with Crippen molar-refractivity contribution in [2.24, 2.45) is 23.2 Å². The second-order valence-corrected chi connectivity index (χ2v) is 11.6. The van der Waals surface area contributed by atoms with Crippen molar-refractivity contribution in [2.75, 3.05) is 44.2 Å². The van der Waals surface area contributed by atoms with Crippen LogP contribution in [0.1, 0.15) is 44.9 Å². The average Bonchev–Trinajstić information content (AvgIpc) is 3.28. The molecule has 2 atom stereocenters. The first-order valence-electron chi connectivity index (χ1n) is 13.4. The van der Waals surface area contributed by atoms with Crippen LogP contribution in [-0.2, 0) is 19.1 Å². The first-order valence-corrected chi connectivity index (χ1v) is 13.4. The molecule has 3 heterocycles. The van der Waals surface area contributed by atoms with Crippen LogP contribution in [0, 0.1) is 23.2 Å². The van der Waals surface area contributed by atoms with Crippen molar-refractivity contribution < 1.29 is 24.2 Å². The Morgan fingerprint density at radius 1 is 0.944 bits per heavy atom. The highest BCUT2D eigenvalue weighted by molar-refractivity contribution is 5.90. The third-order valence-electron chi connectivity index (χ3n) is 9.11. The third kappa shape index (κ3) is 4.33. The molecule has 1 N–H and O–H groups in total. The number of piperazine rings is 1. The first kappa shape index (κ1) is 23.6. The Labute approximate surface area is 211 Å². The predicted molar refractivity (Wildman–Crippen MR) is 129 cm³/mol. The van der Waals surface area contributed by atoms with Gasteiger partial charge in [-0.3, -0.25) is 9.59 Å². The van der Waals surface area contributed by atoms with E-state index in [1.807, 2.05) is 4.90 Å². The summed E-state index contributed by atoms with van der Waals surface area (Å²) in [5, 5.41) is 10.4. The van der Waals surface area contributed by atoms with Gasteiger partial charge in [0.15, 0.2) is 6.61 Å². The fraction of sp³-hybridized carbons (Fsp3) is 0.731. The number of nitrogens with zero attached hydrogens (tertiary/aromatic N) is 5. The molecule has 6 aliphatic rings. The molecule has 10 heteroatoms. The van der Waals surface area contributed by atoms with Crippen LogP contribution in [0.2, 0.25) is 0 Å². The van der Waals surface area contributed by atoms with Gasteiger partial charge in [-0.05, 0) is 62.3 Å². The zero-order valence-electron chi connectivity index (χ0n) is 20.6. The van der Waals surface area contributed by atoms with E-state index in [0.29, 0.717) is 49.9 Å². The van der Waals surface area contributed by atoms with Crippen LogP contribution < -0.4 is 4.90 Å². The largest absolute Gasteiger partial charge is 0.454 e. The summed E-state index contributed by atoms with van der Waals surface area (Å²) in [6, 6.07) is 0.944. The number of esters is 1. The summed E-state index contributed by atoms with van der Waals surface area (Å²) in [4.78, 5) is 53.4. The summed E-state index contributed by atoms with van der Waals surface area (Å²) in [5.74, 6) is 1.66. The summed E-state index contributed by atoms with van der Waals surface area (Å²) in [6.45, 7) is 2.00. The Bertz CT molecular complexity index is 976. The molecule has 1 aromatic rings. The molecule has 2 amide bonds. The third-order valence-corrected chi connectivity index (χ3v) is 9.11. The molecule has 1 aromatic heterocycles. The molecule has 2 saturated heterocycles. The Kier molecular flexibility index (Phi) is 6.09. The van der Waals surface area contributed by atoms with Crippen molar-refractivity contribution in [2.45, 2.75) is 57.1 Å². The SMILES string of the molecule is O=C(OCC(=O)N1CCN(c2ncccn2)CC1)C1CC(O)CN1C(=O)C12CC3CC(CC(C3)C1)C2. The Balaban J connectivity index is 1.04. The van der Waals surface area contributed by atoms with Gasteiger partial charge in [0.05, 0.1) is 11.5 Å². The lowest BCUT2D eigenvalue weighted by Gasteiger charge is -2.56. The number of likely N-dealkylation sites (tertiary alicyclic amines) is 1. The molecule has 0 spiro atoms. The van der Waals surface area contributed by atoms with Crippen LogP contribution >= 0.6 is 0 Å². The number of anilines is 1. The minimum atomic E-state index is -0.819. The van der Waals surface area contributed by atoms with Gasteiger partial charge >= 0.3 is 5.97 Å². The second kappa shape index (κ2) is 9.28. The Morgan fingerprint density at radius 2 is 1.56 bits per heavy atom. The van der Waals surface area contributed by atoms with E-state index in [9.17, 15) is 19.5 Å². The van der Waals surface area contributed by atoms with Gasteiger partial charge in [0, 0.05) is 51.5 Å². The standard InChI is InChI=1S/C26H35N5O5/c32-20-11-21(31(15-20)24(35)26-12-17-8-18(13-26)10-19(9-17)14-26)23(34)36-16-22(33)29-4-6-30(7-5-29)25-27-2-1-3-28-25/h1-3,17-21,32H,4-16H2. The second-order valence-electron chi connectivity index (χ2n) is 11.6. The molecule has 4 saturated carbocycles. The number of hydrogen-bond donors (Lipinski definition) is 1. The number of carbonyl (C=O) groups excluding carboxylic acids is 3. The van der Waals surface area contributed by atoms with E-state index in [4.69, 9.17) is 4.74 Å². The number of ether oxygens (including phenoxy) is 1. The summed E-state index contributed by atoms with van der Waals surface area (Å²) in [7, 11) is 0. The van der Waals surface area contributed by atoms with Crippen LogP contribution in [0.25, 0.3) is 0 Å². The maximum atomic E-state index is 13.8. The van der Waals surface area contributed by atoms with E-state index in [0.717, 1.165) is 19.3 Å². The van der Waals surface area contributed by atoms with Gasteiger partial charge in [0.25, 0.3) is 5.91 Å². The van der Waals surface area contributed by atoms with Crippen molar-refractivity contribution in [3.8, 4) is 0 Å². The molecule has 7 rings (SSSR count). The van der Waals surface area contributed by atoms with E-state index >= 15 is 0 Å². The number of hydrogen-bond acceptors (Lipinski definition) is 8. The number of rotatable bonds is 5. The Hall–Kier alpha value is -2.75. The monoisotopic (exact) mass is 497 g/mol. The van der Waals surface area contributed by atoms with Gasteiger partial charge in [0.2, 0.25) is 11.9 Å². The number of amides is 2. The average molecular weight is 498 g/mol. The van der Waals surface area contributed by atoms with Gasteiger partial charge in [-0.1, -0.05) is 0 Å². The lowest BCUT2D eigenvalue weighted by molar-refractivity contribution is -0.166. The summed E-state index contributed by atoms with van der Waals surface area (Å²) >= 11 is 0. The minimum absolute atomic E-state index is 0.0191. The molecular formula is C26H35N5O5. The van der Waals surface area contributed by atoms with Crippen LogP contribution in [0.3, 0.4) is 0 Å². The zero-order valence-corrected chi connectivity index (χ0v) is 20.6. The van der Waals surface area contributed by atoms with Gasteiger partial charge in [-0.2, -0.15) is 0 Å². The lowest BCUT2D eigenvalue weighted by atomic mass is 9.49. The topological polar surface area (TPSA) is 116 Å². The first-order chi connectivity index (χ1) is 17.4. The minimum Gasteiger partial charge on any atom is -0.454 e. The van der Waals surface area contributed by atoms with Gasteiger partial charge in [-0.15, -0.1) is 0 Å². The molecule has 194 valence electrons. The predicted octanol–water partition coefficient (Wildman–Crippen LogP) is 0.847. The summed E-state index contributed by atoms with van der Waals surface area (Å²) in [5.41, 5.74) is -0.380.